The first kappa shape index (κ1) is 32.9. The summed E-state index contributed by atoms with van der Waals surface area (Å²) in [5.41, 5.74) is 2.99. The monoisotopic (exact) mass is 603 g/mol. The van der Waals surface area contributed by atoms with Gasteiger partial charge < -0.3 is 29.4 Å². The Morgan fingerprint density at radius 2 is 1.59 bits per heavy atom. The van der Waals surface area contributed by atoms with Gasteiger partial charge in [-0.15, -0.1) is 0 Å². The molecule has 1 amide bonds. The summed E-state index contributed by atoms with van der Waals surface area (Å²) in [6.45, 7) is 11.6. The largest absolute Gasteiger partial charge is 0.493 e. The zero-order chi connectivity index (χ0) is 31.9. The van der Waals surface area contributed by atoms with Crippen molar-refractivity contribution in [1.29, 1.82) is 0 Å². The molecule has 8 heteroatoms. The molecule has 1 aliphatic carbocycles. The Hall–Kier alpha value is -4.04. The average molecular weight is 604 g/mol. The van der Waals surface area contributed by atoms with Gasteiger partial charge in [0.15, 0.2) is 0 Å². The van der Waals surface area contributed by atoms with E-state index in [4.69, 9.17) is 18.9 Å². The molecule has 1 atom stereocenters. The number of carbonyl (C=O) groups is 2. The van der Waals surface area contributed by atoms with Gasteiger partial charge in [-0.05, 0) is 113 Å². The SMILES string of the molecule is CC(C)(C)OC(=O)Cc1ccccc1OCc1cc(OCC2CC2)cc(-c2cccc([C@@H](CO)NC(=O)OC(C)(C)C)c2)c1. The molecule has 0 bridgehead atoms. The minimum atomic E-state index is -0.651. The average Bonchev–Trinajstić information content (AvgIpc) is 3.77. The summed E-state index contributed by atoms with van der Waals surface area (Å²) < 4.78 is 23.3. The molecule has 3 aromatic rings. The molecule has 2 N–H and O–H groups in total. The van der Waals surface area contributed by atoms with Gasteiger partial charge in [0.2, 0.25) is 0 Å². The number of rotatable bonds is 12. The lowest BCUT2D eigenvalue weighted by atomic mass is 9.98. The Bertz CT molecular complexity index is 1430. The minimum Gasteiger partial charge on any atom is -0.493 e. The van der Waals surface area contributed by atoms with Gasteiger partial charge >= 0.3 is 12.1 Å². The van der Waals surface area contributed by atoms with Crippen LogP contribution in [0.5, 0.6) is 11.5 Å². The molecule has 44 heavy (non-hydrogen) atoms. The smallest absolute Gasteiger partial charge is 0.408 e. The minimum absolute atomic E-state index is 0.110. The molecule has 1 aliphatic rings. The van der Waals surface area contributed by atoms with Gasteiger partial charge in [0.1, 0.15) is 29.3 Å². The number of para-hydroxylation sites is 1. The molecule has 0 aromatic heterocycles. The van der Waals surface area contributed by atoms with Gasteiger partial charge in [-0.25, -0.2) is 4.79 Å². The van der Waals surface area contributed by atoms with Crippen LogP contribution in [0.25, 0.3) is 11.1 Å². The number of aliphatic hydroxyl groups is 1. The quantitative estimate of drug-likeness (QED) is 0.212. The number of benzene rings is 3. The van der Waals surface area contributed by atoms with Gasteiger partial charge in [-0.1, -0.05) is 36.4 Å². The summed E-state index contributed by atoms with van der Waals surface area (Å²) in [5.74, 6) is 1.63. The fourth-order valence-electron chi connectivity index (χ4n) is 4.60. The summed E-state index contributed by atoms with van der Waals surface area (Å²) in [5, 5.41) is 12.8. The van der Waals surface area contributed by atoms with Gasteiger partial charge in [0.25, 0.3) is 0 Å². The van der Waals surface area contributed by atoms with Crippen LogP contribution in [-0.2, 0) is 27.3 Å². The van der Waals surface area contributed by atoms with Gasteiger partial charge in [-0.2, -0.15) is 0 Å². The predicted molar refractivity (Wildman–Crippen MR) is 170 cm³/mol. The van der Waals surface area contributed by atoms with E-state index < -0.39 is 23.3 Å². The number of aliphatic hydroxyl groups excluding tert-OH is 1. The number of nitrogens with one attached hydrogen (secondary N) is 1. The fourth-order valence-corrected chi connectivity index (χ4v) is 4.60. The highest BCUT2D eigenvalue weighted by molar-refractivity contribution is 5.74. The standard InChI is InChI=1S/C36H45NO7/c1-35(2,3)43-33(39)20-28-10-7-8-13-32(28)42-23-25-16-29(19-30(17-25)41-22-24-14-15-24)26-11-9-12-27(18-26)31(21-38)37-34(40)44-36(4,5)6/h7-13,16-19,24,31,38H,14-15,20-23H2,1-6H3,(H,37,40)/t31-/m1/s1. The number of carbonyl (C=O) groups excluding carboxylic acids is 2. The van der Waals surface area contributed by atoms with E-state index in [1.165, 1.54) is 12.8 Å². The van der Waals surface area contributed by atoms with Crippen LogP contribution in [0.1, 0.15) is 77.1 Å². The lowest BCUT2D eigenvalue weighted by molar-refractivity contribution is -0.153. The lowest BCUT2D eigenvalue weighted by Crippen LogP contribution is -2.36. The topological polar surface area (TPSA) is 103 Å². The molecule has 3 aromatic carbocycles. The van der Waals surface area contributed by atoms with Crippen LogP contribution in [0.4, 0.5) is 4.79 Å². The lowest BCUT2D eigenvalue weighted by Gasteiger charge is -2.23. The number of hydrogen-bond donors (Lipinski definition) is 2. The van der Waals surface area contributed by atoms with Crippen LogP contribution >= 0.6 is 0 Å². The zero-order valence-corrected chi connectivity index (χ0v) is 26.6. The molecule has 0 heterocycles. The van der Waals surface area contributed by atoms with Gasteiger partial charge in [0, 0.05) is 5.56 Å². The van der Waals surface area contributed by atoms with Crippen molar-refractivity contribution in [3.05, 3.63) is 83.4 Å². The van der Waals surface area contributed by atoms with Crippen molar-refractivity contribution >= 4 is 12.1 Å². The molecule has 1 fully saturated rings. The Labute approximate surface area is 260 Å². The second kappa shape index (κ2) is 14.2. The van der Waals surface area contributed by atoms with E-state index in [0.717, 1.165) is 33.6 Å². The van der Waals surface area contributed by atoms with E-state index in [0.29, 0.717) is 18.3 Å². The molecule has 0 spiro atoms. The Morgan fingerprint density at radius 3 is 2.27 bits per heavy atom. The first-order valence-electron chi connectivity index (χ1n) is 15.2. The maximum Gasteiger partial charge on any atom is 0.408 e. The number of ether oxygens (including phenoxy) is 4. The molecule has 0 radical (unpaired) electrons. The Morgan fingerprint density at radius 1 is 0.864 bits per heavy atom. The zero-order valence-electron chi connectivity index (χ0n) is 26.6. The van der Waals surface area contributed by atoms with E-state index in [1.807, 2.05) is 87.5 Å². The number of esters is 1. The van der Waals surface area contributed by atoms with Crippen LogP contribution in [0.15, 0.2) is 66.7 Å². The Kier molecular flexibility index (Phi) is 10.6. The summed E-state index contributed by atoms with van der Waals surface area (Å²) in [7, 11) is 0. The van der Waals surface area contributed by atoms with E-state index in [9.17, 15) is 14.7 Å². The van der Waals surface area contributed by atoms with Gasteiger partial charge in [-0.3, -0.25) is 4.79 Å². The van der Waals surface area contributed by atoms with Crippen LogP contribution in [0, 0.1) is 5.92 Å². The Balaban J connectivity index is 1.55. The highest BCUT2D eigenvalue weighted by Gasteiger charge is 2.23. The van der Waals surface area contributed by atoms with Crippen molar-refractivity contribution in [2.24, 2.45) is 5.92 Å². The van der Waals surface area contributed by atoms with Crippen LogP contribution in [0.2, 0.25) is 0 Å². The molecule has 0 unspecified atom stereocenters. The summed E-state index contributed by atoms with van der Waals surface area (Å²) >= 11 is 0. The first-order chi connectivity index (χ1) is 20.8. The molecule has 4 rings (SSSR count). The van der Waals surface area contributed by atoms with E-state index in [1.54, 1.807) is 20.8 Å². The molecule has 236 valence electrons. The van der Waals surface area contributed by atoms with Gasteiger partial charge in [0.05, 0.1) is 25.7 Å². The first-order valence-corrected chi connectivity index (χ1v) is 15.2. The second-order valence-electron chi connectivity index (χ2n) is 13.3. The highest BCUT2D eigenvalue weighted by atomic mass is 16.6. The molecular weight excluding hydrogens is 558 g/mol. The molecule has 8 nitrogen and oxygen atoms in total. The van der Waals surface area contributed by atoms with Crippen LogP contribution in [-0.4, -0.2) is 41.6 Å². The number of hydrogen-bond acceptors (Lipinski definition) is 7. The van der Waals surface area contributed by atoms with E-state index >= 15 is 0 Å². The summed E-state index contributed by atoms with van der Waals surface area (Å²) in [4.78, 5) is 24.9. The highest BCUT2D eigenvalue weighted by Crippen LogP contribution is 2.33. The van der Waals surface area contributed by atoms with Crippen molar-refractivity contribution in [3.8, 4) is 22.6 Å². The maximum absolute atomic E-state index is 12.5. The number of alkyl carbamates (subject to hydrolysis) is 1. The summed E-state index contributed by atoms with van der Waals surface area (Å²) in [6.07, 6.45) is 1.88. The van der Waals surface area contributed by atoms with Crippen LogP contribution in [0.3, 0.4) is 0 Å². The summed E-state index contributed by atoms with van der Waals surface area (Å²) in [6, 6.07) is 20.5. The van der Waals surface area contributed by atoms with Crippen molar-refractivity contribution in [2.75, 3.05) is 13.2 Å². The van der Waals surface area contributed by atoms with Crippen molar-refractivity contribution < 1.29 is 33.6 Å². The molecular formula is C36H45NO7. The predicted octanol–water partition coefficient (Wildman–Crippen LogP) is 7.16. The third-order valence-corrected chi connectivity index (χ3v) is 6.77. The fraction of sp³-hybridized carbons (Fsp3) is 0.444. The molecule has 0 saturated heterocycles. The van der Waals surface area contributed by atoms with E-state index in [2.05, 4.69) is 5.32 Å². The van der Waals surface area contributed by atoms with Crippen molar-refractivity contribution in [1.82, 2.24) is 5.32 Å². The normalized spacial score (nSPS) is 14.0. The third kappa shape index (κ3) is 10.6. The third-order valence-electron chi connectivity index (χ3n) is 6.77. The molecule has 1 saturated carbocycles. The van der Waals surface area contributed by atoms with Crippen molar-refractivity contribution in [2.45, 2.75) is 84.7 Å². The van der Waals surface area contributed by atoms with Crippen molar-refractivity contribution in [3.63, 3.8) is 0 Å². The van der Waals surface area contributed by atoms with Crippen LogP contribution < -0.4 is 14.8 Å². The number of amides is 1. The molecule has 0 aliphatic heterocycles. The second-order valence-corrected chi connectivity index (χ2v) is 13.3. The maximum atomic E-state index is 12.5. The van der Waals surface area contributed by atoms with E-state index in [-0.39, 0.29) is 25.6 Å².